The maximum absolute atomic E-state index is 12.2. The molecule has 0 unspecified atom stereocenters. The van der Waals surface area contributed by atoms with Crippen molar-refractivity contribution in [3.8, 4) is 0 Å². The van der Waals surface area contributed by atoms with Gasteiger partial charge in [0, 0.05) is 22.8 Å². The Morgan fingerprint density at radius 2 is 1.96 bits per heavy atom. The molecule has 140 valence electrons. The molecule has 2 amide bonds. The predicted octanol–water partition coefficient (Wildman–Crippen LogP) is 2.83. The van der Waals surface area contributed by atoms with Crippen molar-refractivity contribution < 1.29 is 14.3 Å². The minimum atomic E-state index is -0.399. The van der Waals surface area contributed by atoms with Crippen LogP contribution < -0.4 is 16.0 Å². The molecule has 1 aromatic rings. The molecule has 0 aromatic heterocycles. The monoisotopic (exact) mass is 377 g/mol. The second-order valence-corrected chi connectivity index (χ2v) is 7.07. The summed E-state index contributed by atoms with van der Waals surface area (Å²) >= 11 is 6.03. The fourth-order valence-electron chi connectivity index (χ4n) is 3.67. The molecule has 1 aromatic carbocycles. The summed E-state index contributed by atoms with van der Waals surface area (Å²) < 4.78 is 5.11. The van der Waals surface area contributed by atoms with Gasteiger partial charge in [-0.15, -0.1) is 0 Å². The van der Waals surface area contributed by atoms with E-state index < -0.39 is 5.97 Å². The van der Waals surface area contributed by atoms with Gasteiger partial charge in [0.25, 0.3) is 0 Å². The minimum Gasteiger partial charge on any atom is -0.463 e. The summed E-state index contributed by atoms with van der Waals surface area (Å²) in [6, 6.07) is 7.58. The van der Waals surface area contributed by atoms with E-state index in [-0.39, 0.29) is 18.1 Å². The number of nitrogens with one attached hydrogen (secondary N) is 3. The van der Waals surface area contributed by atoms with Crippen LogP contribution in [0, 0.1) is 0 Å². The van der Waals surface area contributed by atoms with Crippen LogP contribution in [0.5, 0.6) is 0 Å². The van der Waals surface area contributed by atoms with Crippen LogP contribution in [0.25, 0.3) is 0 Å². The van der Waals surface area contributed by atoms with Gasteiger partial charge in [0.15, 0.2) is 0 Å². The summed E-state index contributed by atoms with van der Waals surface area (Å²) in [7, 11) is 0. The Hall–Kier alpha value is -2.05. The van der Waals surface area contributed by atoms with Gasteiger partial charge in [-0.1, -0.05) is 36.6 Å². The van der Waals surface area contributed by atoms with Crippen molar-refractivity contribution in [1.82, 2.24) is 16.0 Å². The van der Waals surface area contributed by atoms with Gasteiger partial charge in [0.1, 0.15) is 0 Å². The fraction of sp³-hybridized carbons (Fsp3) is 0.474. The Kier molecular flexibility index (Phi) is 5.84. The molecule has 3 rings (SSSR count). The van der Waals surface area contributed by atoms with Crippen LogP contribution in [0.4, 0.5) is 4.79 Å². The molecule has 1 aliphatic carbocycles. The fourth-order valence-corrected chi connectivity index (χ4v) is 3.80. The van der Waals surface area contributed by atoms with Crippen molar-refractivity contribution >= 4 is 23.6 Å². The Morgan fingerprint density at radius 3 is 2.62 bits per heavy atom. The Labute approximate surface area is 158 Å². The largest absolute Gasteiger partial charge is 0.463 e. The maximum atomic E-state index is 12.2. The quantitative estimate of drug-likeness (QED) is 0.666. The molecule has 1 saturated carbocycles. The zero-order chi connectivity index (χ0) is 18.6. The van der Waals surface area contributed by atoms with E-state index in [1.165, 1.54) is 5.56 Å². The van der Waals surface area contributed by atoms with E-state index in [2.05, 4.69) is 16.0 Å². The molecular formula is C19H24ClN3O3. The Morgan fingerprint density at radius 1 is 1.27 bits per heavy atom. The van der Waals surface area contributed by atoms with Gasteiger partial charge in [-0.2, -0.15) is 0 Å². The van der Waals surface area contributed by atoms with Crippen molar-refractivity contribution in [2.24, 2.45) is 0 Å². The molecule has 0 spiro atoms. The zero-order valence-corrected chi connectivity index (χ0v) is 15.6. The van der Waals surface area contributed by atoms with Gasteiger partial charge in [-0.25, -0.2) is 9.59 Å². The molecule has 0 saturated heterocycles. The van der Waals surface area contributed by atoms with Crippen molar-refractivity contribution in [3.05, 3.63) is 46.1 Å². The zero-order valence-electron chi connectivity index (χ0n) is 14.9. The molecule has 6 nitrogen and oxygen atoms in total. The number of carbonyl (C=O) groups excluding carboxylic acids is 2. The maximum Gasteiger partial charge on any atom is 0.337 e. The normalized spacial score (nSPS) is 19.1. The van der Waals surface area contributed by atoms with Crippen LogP contribution in [0.2, 0.25) is 5.02 Å². The predicted molar refractivity (Wildman–Crippen MR) is 99.8 cm³/mol. The average Bonchev–Trinajstić information content (AvgIpc) is 3.11. The molecule has 3 N–H and O–H groups in total. The van der Waals surface area contributed by atoms with E-state index in [1.54, 1.807) is 6.92 Å². The topological polar surface area (TPSA) is 79.5 Å². The molecule has 2 aliphatic rings. The third-order valence-electron chi connectivity index (χ3n) is 5.03. The minimum absolute atomic E-state index is 0.174. The number of esters is 1. The van der Waals surface area contributed by atoms with Crippen LogP contribution >= 0.6 is 11.6 Å². The van der Waals surface area contributed by atoms with Crippen molar-refractivity contribution in [2.45, 2.75) is 38.1 Å². The summed E-state index contributed by atoms with van der Waals surface area (Å²) in [4.78, 5) is 23.9. The highest BCUT2D eigenvalue weighted by Crippen LogP contribution is 2.39. The Balaban J connectivity index is 1.82. The summed E-state index contributed by atoms with van der Waals surface area (Å²) in [6.45, 7) is 2.63. The molecule has 0 radical (unpaired) electrons. The first-order chi connectivity index (χ1) is 12.5. The number of ether oxygens (including phenoxy) is 1. The van der Waals surface area contributed by atoms with E-state index in [9.17, 15) is 9.59 Å². The highest BCUT2D eigenvalue weighted by Gasteiger charge is 2.36. The number of benzene rings is 1. The Bertz CT molecular complexity index is 709. The number of hydrogen-bond donors (Lipinski definition) is 3. The lowest BCUT2D eigenvalue weighted by molar-refractivity contribution is -0.138. The number of carbonyl (C=O) groups is 2. The van der Waals surface area contributed by atoms with Crippen molar-refractivity contribution in [3.63, 3.8) is 0 Å². The molecule has 26 heavy (non-hydrogen) atoms. The molecule has 0 bridgehead atoms. The van der Waals surface area contributed by atoms with E-state index >= 15 is 0 Å². The lowest BCUT2D eigenvalue weighted by Crippen LogP contribution is -2.49. The molecule has 1 aliphatic heterocycles. The first-order valence-electron chi connectivity index (χ1n) is 8.99. The highest BCUT2D eigenvalue weighted by atomic mass is 35.5. The van der Waals surface area contributed by atoms with Gasteiger partial charge in [0.2, 0.25) is 0 Å². The van der Waals surface area contributed by atoms with Crippen LogP contribution in [0.15, 0.2) is 35.5 Å². The van der Waals surface area contributed by atoms with E-state index in [1.807, 2.05) is 24.3 Å². The standard InChI is InChI=1S/C19H24ClN3O3/c1-2-26-17(24)15-11-21-18(25)23-16(15)12-22-19(9-3-4-10-19)13-5-7-14(20)8-6-13/h5-8,22H,2-4,9-12H2,1H3,(H2,21,23,25). The van der Waals surface area contributed by atoms with Crippen LogP contribution in [0.1, 0.15) is 38.2 Å². The van der Waals surface area contributed by atoms with Gasteiger partial charge in [0.05, 0.1) is 18.7 Å². The lowest BCUT2D eigenvalue weighted by Gasteiger charge is -2.33. The van der Waals surface area contributed by atoms with Gasteiger partial charge in [-0.05, 0) is 37.5 Å². The summed E-state index contributed by atoms with van der Waals surface area (Å²) in [5.74, 6) is -0.399. The molecule has 1 heterocycles. The average molecular weight is 378 g/mol. The number of hydrogen-bond acceptors (Lipinski definition) is 4. The number of amides is 2. The van der Waals surface area contributed by atoms with Gasteiger partial charge < -0.3 is 20.7 Å². The van der Waals surface area contributed by atoms with Crippen LogP contribution in [0.3, 0.4) is 0 Å². The smallest absolute Gasteiger partial charge is 0.337 e. The summed E-state index contributed by atoms with van der Waals surface area (Å²) in [5, 5.41) is 9.68. The van der Waals surface area contributed by atoms with E-state index in [0.717, 1.165) is 25.7 Å². The number of urea groups is 1. The van der Waals surface area contributed by atoms with Gasteiger partial charge >= 0.3 is 12.0 Å². The molecular weight excluding hydrogens is 354 g/mol. The molecule has 0 atom stereocenters. The number of halogens is 1. The second-order valence-electron chi connectivity index (χ2n) is 6.63. The van der Waals surface area contributed by atoms with Crippen molar-refractivity contribution in [1.29, 1.82) is 0 Å². The van der Waals surface area contributed by atoms with Crippen molar-refractivity contribution in [2.75, 3.05) is 19.7 Å². The SMILES string of the molecule is CCOC(=O)C1=C(CNC2(c3ccc(Cl)cc3)CCCC2)NC(=O)NC1. The summed E-state index contributed by atoms with van der Waals surface area (Å²) in [6.07, 6.45) is 4.27. The third-order valence-corrected chi connectivity index (χ3v) is 5.29. The molecule has 7 heteroatoms. The summed E-state index contributed by atoms with van der Waals surface area (Å²) in [5.41, 5.74) is 2.04. The first kappa shape index (κ1) is 18.7. The van der Waals surface area contributed by atoms with Crippen LogP contribution in [-0.4, -0.2) is 31.7 Å². The second kappa shape index (κ2) is 8.10. The third kappa shape index (κ3) is 4.02. The van der Waals surface area contributed by atoms with E-state index in [4.69, 9.17) is 16.3 Å². The van der Waals surface area contributed by atoms with E-state index in [0.29, 0.717) is 29.4 Å². The number of rotatable bonds is 6. The first-order valence-corrected chi connectivity index (χ1v) is 9.37. The van der Waals surface area contributed by atoms with Gasteiger partial charge in [-0.3, -0.25) is 0 Å². The highest BCUT2D eigenvalue weighted by molar-refractivity contribution is 6.30. The molecule has 1 fully saturated rings. The van der Waals surface area contributed by atoms with Crippen LogP contribution in [-0.2, 0) is 15.1 Å². The lowest BCUT2D eigenvalue weighted by atomic mass is 9.88.